The van der Waals surface area contributed by atoms with Crippen molar-refractivity contribution in [2.75, 3.05) is 16.8 Å². The summed E-state index contributed by atoms with van der Waals surface area (Å²) in [5, 5.41) is 11.8. The molecule has 1 atom stereocenters. The van der Waals surface area contributed by atoms with Gasteiger partial charge in [-0.2, -0.15) is 27.1 Å². The van der Waals surface area contributed by atoms with Gasteiger partial charge in [0.2, 0.25) is 5.82 Å². The van der Waals surface area contributed by atoms with E-state index in [1.165, 1.54) is 0 Å². The Bertz CT molecular complexity index is 1200. The number of alkyl halides is 5. The Morgan fingerprint density at radius 2 is 1.97 bits per heavy atom. The third kappa shape index (κ3) is 3.11. The van der Waals surface area contributed by atoms with E-state index in [9.17, 15) is 35.5 Å². The van der Waals surface area contributed by atoms with Crippen molar-refractivity contribution in [3.63, 3.8) is 0 Å². The van der Waals surface area contributed by atoms with Crippen LogP contribution < -0.4 is 10.2 Å². The van der Waals surface area contributed by atoms with Crippen molar-refractivity contribution in [2.24, 2.45) is 0 Å². The lowest BCUT2D eigenvalue weighted by atomic mass is 9.87. The second-order valence-corrected chi connectivity index (χ2v) is 6.85. The van der Waals surface area contributed by atoms with Crippen LogP contribution in [0, 0.1) is 11.8 Å². The van der Waals surface area contributed by atoms with E-state index in [0.29, 0.717) is 9.42 Å². The van der Waals surface area contributed by atoms with Crippen LogP contribution in [-0.2, 0) is 5.41 Å². The molecule has 164 valence electrons. The van der Waals surface area contributed by atoms with Gasteiger partial charge in [0.25, 0.3) is 12.4 Å². The van der Waals surface area contributed by atoms with Crippen LogP contribution in [0.1, 0.15) is 24.7 Å². The Hall–Kier alpha value is -3.52. The first-order valence-electron chi connectivity index (χ1n) is 8.43. The highest BCUT2D eigenvalue weighted by Crippen LogP contribution is 2.50. The molecular formula is C16H10F7N7O. The van der Waals surface area contributed by atoms with Crippen molar-refractivity contribution in [3.8, 4) is 0 Å². The van der Waals surface area contributed by atoms with E-state index in [0.717, 1.165) is 25.4 Å². The Labute approximate surface area is 167 Å². The number of halogens is 7. The van der Waals surface area contributed by atoms with Gasteiger partial charge in [0.1, 0.15) is 11.1 Å². The van der Waals surface area contributed by atoms with Crippen molar-refractivity contribution in [2.45, 2.75) is 24.9 Å². The first-order valence-corrected chi connectivity index (χ1v) is 8.43. The molecule has 0 saturated carbocycles. The number of hydrogen-bond acceptors (Lipinski definition) is 5. The third-order valence-electron chi connectivity index (χ3n) is 4.84. The molecule has 3 aromatic rings. The maximum Gasteiger partial charge on any atom is 0.401 e. The van der Waals surface area contributed by atoms with Crippen LogP contribution in [0.2, 0.25) is 0 Å². The molecular weight excluding hydrogens is 439 g/mol. The fourth-order valence-corrected chi connectivity index (χ4v) is 3.27. The van der Waals surface area contributed by atoms with Gasteiger partial charge in [0, 0.05) is 6.54 Å². The van der Waals surface area contributed by atoms with Crippen LogP contribution in [0.3, 0.4) is 0 Å². The van der Waals surface area contributed by atoms with Gasteiger partial charge in [-0.25, -0.2) is 23.1 Å². The minimum absolute atomic E-state index is 0.248. The summed E-state index contributed by atoms with van der Waals surface area (Å²) in [5.41, 5.74) is -5.68. The molecule has 4 heterocycles. The molecule has 0 bridgehead atoms. The summed E-state index contributed by atoms with van der Waals surface area (Å²) in [4.78, 5) is 16.9. The first-order chi connectivity index (χ1) is 14.4. The van der Waals surface area contributed by atoms with Gasteiger partial charge in [0.15, 0.2) is 5.65 Å². The van der Waals surface area contributed by atoms with E-state index in [1.54, 1.807) is 0 Å². The summed E-state index contributed by atoms with van der Waals surface area (Å²) in [7, 11) is 0. The SMILES string of the molecule is CC1(C(F)(F)F)CN(C(=O)Nc2cnnc(C(F)F)c2)c2cnc3c(F)c(F)nn3c21. The molecule has 1 aliphatic rings. The van der Waals surface area contributed by atoms with E-state index in [2.05, 4.69) is 25.6 Å². The number of amides is 2. The fourth-order valence-electron chi connectivity index (χ4n) is 3.27. The van der Waals surface area contributed by atoms with Gasteiger partial charge in [-0.3, -0.25) is 4.90 Å². The summed E-state index contributed by atoms with van der Waals surface area (Å²) in [6.45, 7) is -0.249. The molecule has 0 aliphatic carbocycles. The van der Waals surface area contributed by atoms with Crippen molar-refractivity contribution in [1.82, 2.24) is 24.8 Å². The molecule has 0 fully saturated rings. The van der Waals surface area contributed by atoms with E-state index in [1.807, 2.05) is 0 Å². The summed E-state index contributed by atoms with van der Waals surface area (Å²) < 4.78 is 95.2. The van der Waals surface area contributed by atoms with Gasteiger partial charge in [0.05, 0.1) is 29.5 Å². The quantitative estimate of drug-likeness (QED) is 0.604. The van der Waals surface area contributed by atoms with Gasteiger partial charge < -0.3 is 5.32 Å². The molecule has 0 radical (unpaired) electrons. The number of anilines is 2. The molecule has 0 saturated heterocycles. The normalized spacial score (nSPS) is 18.7. The zero-order valence-corrected chi connectivity index (χ0v) is 15.3. The highest BCUT2D eigenvalue weighted by atomic mass is 19.4. The fraction of sp³-hybridized carbons (Fsp3) is 0.312. The summed E-state index contributed by atoms with van der Waals surface area (Å²) >= 11 is 0. The topological polar surface area (TPSA) is 88.3 Å². The number of carbonyl (C=O) groups is 1. The van der Waals surface area contributed by atoms with Crippen molar-refractivity contribution in [1.29, 1.82) is 0 Å². The van der Waals surface area contributed by atoms with E-state index >= 15 is 0 Å². The van der Waals surface area contributed by atoms with E-state index in [-0.39, 0.29) is 5.69 Å². The Morgan fingerprint density at radius 3 is 2.61 bits per heavy atom. The van der Waals surface area contributed by atoms with Crippen LogP contribution in [0.5, 0.6) is 0 Å². The molecule has 1 N–H and O–H groups in total. The summed E-state index contributed by atoms with van der Waals surface area (Å²) in [6, 6.07) is -0.341. The molecule has 31 heavy (non-hydrogen) atoms. The lowest BCUT2D eigenvalue weighted by molar-refractivity contribution is -0.181. The number of urea groups is 1. The minimum atomic E-state index is -4.95. The Morgan fingerprint density at radius 1 is 1.26 bits per heavy atom. The summed E-state index contributed by atoms with van der Waals surface area (Å²) in [6.07, 6.45) is -6.25. The molecule has 3 aromatic heterocycles. The lowest BCUT2D eigenvalue weighted by Crippen LogP contribution is -2.46. The predicted octanol–water partition coefficient (Wildman–Crippen LogP) is 3.61. The van der Waals surface area contributed by atoms with Gasteiger partial charge in [-0.1, -0.05) is 0 Å². The zero-order chi connectivity index (χ0) is 22.7. The molecule has 0 aromatic carbocycles. The Balaban J connectivity index is 1.80. The highest BCUT2D eigenvalue weighted by molar-refractivity contribution is 6.03. The molecule has 1 unspecified atom stereocenters. The standard InChI is InChI=1S/C16H10F7N7O/c1-15(16(21,22)23)5-29(14(31)26-6-2-7(11(18)19)27-25-3-6)8-4-24-13-9(17)12(20)28-30(13)10(8)15/h2-4,11H,5H2,1H3,(H,26,27,31). The van der Waals surface area contributed by atoms with Crippen molar-refractivity contribution >= 4 is 23.1 Å². The number of nitrogens with zero attached hydrogens (tertiary/aromatic N) is 6. The minimum Gasteiger partial charge on any atom is -0.306 e. The largest absolute Gasteiger partial charge is 0.401 e. The van der Waals surface area contributed by atoms with Gasteiger partial charge >= 0.3 is 12.2 Å². The monoisotopic (exact) mass is 449 g/mol. The molecule has 0 spiro atoms. The number of fused-ring (bicyclic) bond motifs is 3. The van der Waals surface area contributed by atoms with E-state index < -0.39 is 65.1 Å². The number of rotatable bonds is 2. The van der Waals surface area contributed by atoms with Crippen LogP contribution in [0.15, 0.2) is 18.5 Å². The van der Waals surface area contributed by atoms with Crippen LogP contribution in [0.25, 0.3) is 5.65 Å². The third-order valence-corrected chi connectivity index (χ3v) is 4.84. The zero-order valence-electron chi connectivity index (χ0n) is 15.3. The van der Waals surface area contributed by atoms with Crippen molar-refractivity contribution < 1.29 is 35.5 Å². The number of hydrogen-bond donors (Lipinski definition) is 1. The van der Waals surface area contributed by atoms with Crippen LogP contribution in [0.4, 0.5) is 46.9 Å². The smallest absolute Gasteiger partial charge is 0.306 e. The maximum absolute atomic E-state index is 14.0. The first kappa shape index (κ1) is 20.7. The maximum atomic E-state index is 14.0. The number of carbonyl (C=O) groups excluding carboxylic acids is 1. The second-order valence-electron chi connectivity index (χ2n) is 6.85. The van der Waals surface area contributed by atoms with Gasteiger partial charge in [-0.15, -0.1) is 10.2 Å². The van der Waals surface area contributed by atoms with Crippen LogP contribution in [-0.4, -0.2) is 43.5 Å². The average molecular weight is 449 g/mol. The molecule has 8 nitrogen and oxygen atoms in total. The molecule has 15 heteroatoms. The molecule has 1 aliphatic heterocycles. The second kappa shape index (κ2) is 6.75. The van der Waals surface area contributed by atoms with Crippen molar-refractivity contribution in [3.05, 3.63) is 41.6 Å². The van der Waals surface area contributed by atoms with E-state index in [4.69, 9.17) is 0 Å². The number of nitrogens with one attached hydrogen (secondary N) is 1. The average Bonchev–Trinajstić information content (AvgIpc) is 3.17. The molecule has 2 amide bonds. The Kier molecular flexibility index (Phi) is 4.51. The molecule has 4 rings (SSSR count). The summed E-state index contributed by atoms with van der Waals surface area (Å²) in [5.74, 6) is -3.20. The lowest BCUT2D eigenvalue weighted by Gasteiger charge is -2.28. The van der Waals surface area contributed by atoms with Crippen LogP contribution >= 0.6 is 0 Å². The van der Waals surface area contributed by atoms with Gasteiger partial charge in [-0.05, 0) is 13.0 Å². The predicted molar refractivity (Wildman–Crippen MR) is 89.7 cm³/mol. The number of aromatic nitrogens is 5. The highest BCUT2D eigenvalue weighted by Gasteiger charge is 2.60.